The number of nitro groups is 1. The van der Waals surface area contributed by atoms with E-state index in [1.54, 1.807) is 4.90 Å². The molecule has 0 saturated carbocycles. The molecule has 22 heavy (non-hydrogen) atoms. The molecule has 1 aliphatic heterocycles. The van der Waals surface area contributed by atoms with Crippen molar-refractivity contribution >= 4 is 11.6 Å². The Hall–Kier alpha value is -2.02. The van der Waals surface area contributed by atoms with Crippen LogP contribution in [0.3, 0.4) is 0 Å². The summed E-state index contributed by atoms with van der Waals surface area (Å²) in [7, 11) is 0. The molecule has 1 fully saturated rings. The van der Waals surface area contributed by atoms with Gasteiger partial charge in [-0.25, -0.2) is 4.39 Å². The van der Waals surface area contributed by atoms with E-state index in [0.717, 1.165) is 38.1 Å². The third kappa shape index (κ3) is 3.79. The van der Waals surface area contributed by atoms with Gasteiger partial charge in [0.05, 0.1) is 11.0 Å². The fraction of sp³-hybridized carbons (Fsp3) is 0.533. The van der Waals surface area contributed by atoms with Gasteiger partial charge in [0.2, 0.25) is 0 Å². The van der Waals surface area contributed by atoms with Crippen LogP contribution in [0.2, 0.25) is 0 Å². The lowest BCUT2D eigenvalue weighted by Gasteiger charge is -2.32. The van der Waals surface area contributed by atoms with E-state index in [-0.39, 0.29) is 5.56 Å². The molecule has 120 valence electrons. The summed E-state index contributed by atoms with van der Waals surface area (Å²) >= 11 is 0. The van der Waals surface area contributed by atoms with Gasteiger partial charge in [0.1, 0.15) is 11.4 Å². The van der Waals surface area contributed by atoms with Crippen molar-refractivity contribution in [2.45, 2.75) is 19.8 Å². The van der Waals surface area contributed by atoms with Crippen LogP contribution in [0.25, 0.3) is 0 Å². The zero-order valence-corrected chi connectivity index (χ0v) is 12.5. The van der Waals surface area contributed by atoms with E-state index in [4.69, 9.17) is 0 Å². The van der Waals surface area contributed by atoms with Crippen molar-refractivity contribution in [3.8, 4) is 0 Å². The molecule has 0 spiro atoms. The number of carbonyl (C=O) groups excluding carboxylic acids is 1. The molecule has 7 heteroatoms. The van der Waals surface area contributed by atoms with Crippen molar-refractivity contribution in [2.24, 2.45) is 5.92 Å². The number of nitrogens with one attached hydrogen (secondary N) is 1. The first kappa shape index (κ1) is 16.4. The Morgan fingerprint density at radius 3 is 2.73 bits per heavy atom. The highest BCUT2D eigenvalue weighted by atomic mass is 19.1. The van der Waals surface area contributed by atoms with Crippen molar-refractivity contribution in [1.29, 1.82) is 0 Å². The standard InChI is InChI=1S/C15H20FN3O3/c1-2-17-10-11-5-7-18(8-6-11)15(20)13-4-3-12(16)9-14(13)19(21)22/h3-4,9,11,17H,2,5-8,10H2,1H3. The van der Waals surface area contributed by atoms with Crippen molar-refractivity contribution in [3.05, 3.63) is 39.7 Å². The summed E-state index contributed by atoms with van der Waals surface area (Å²) < 4.78 is 13.1. The van der Waals surface area contributed by atoms with Crippen LogP contribution in [0.1, 0.15) is 30.1 Å². The van der Waals surface area contributed by atoms with Crippen LogP contribution in [0, 0.1) is 21.8 Å². The van der Waals surface area contributed by atoms with Gasteiger partial charge in [-0.3, -0.25) is 14.9 Å². The predicted octanol–water partition coefficient (Wildman–Crippen LogP) is 2.20. The fourth-order valence-electron chi connectivity index (χ4n) is 2.70. The largest absolute Gasteiger partial charge is 0.338 e. The number of hydrogen-bond donors (Lipinski definition) is 1. The second-order valence-electron chi connectivity index (χ2n) is 5.46. The van der Waals surface area contributed by atoms with Gasteiger partial charge in [-0.15, -0.1) is 0 Å². The minimum Gasteiger partial charge on any atom is -0.338 e. The summed E-state index contributed by atoms with van der Waals surface area (Å²) in [5, 5.41) is 14.3. The Balaban J connectivity index is 2.06. The number of nitro benzene ring substituents is 1. The smallest absolute Gasteiger partial charge is 0.285 e. The second kappa shape index (κ2) is 7.31. The maximum absolute atomic E-state index is 13.1. The summed E-state index contributed by atoms with van der Waals surface area (Å²) in [6.45, 7) is 5.04. The van der Waals surface area contributed by atoms with Gasteiger partial charge >= 0.3 is 0 Å². The topological polar surface area (TPSA) is 75.5 Å². The number of rotatable bonds is 5. The quantitative estimate of drug-likeness (QED) is 0.668. The van der Waals surface area contributed by atoms with E-state index in [1.807, 2.05) is 6.92 Å². The summed E-state index contributed by atoms with van der Waals surface area (Å²) in [5.74, 6) is -0.589. The first-order chi connectivity index (χ1) is 10.5. The highest BCUT2D eigenvalue weighted by Crippen LogP contribution is 2.24. The molecule has 0 atom stereocenters. The number of likely N-dealkylation sites (tertiary alicyclic amines) is 1. The first-order valence-electron chi connectivity index (χ1n) is 7.46. The van der Waals surface area contributed by atoms with E-state index in [0.29, 0.717) is 19.0 Å². The van der Waals surface area contributed by atoms with Crippen LogP contribution in [0.4, 0.5) is 10.1 Å². The average molecular weight is 309 g/mol. The monoisotopic (exact) mass is 309 g/mol. The predicted molar refractivity (Wildman–Crippen MR) is 80.2 cm³/mol. The molecule has 1 saturated heterocycles. The Morgan fingerprint density at radius 2 is 2.14 bits per heavy atom. The normalized spacial score (nSPS) is 15.8. The van der Waals surface area contributed by atoms with Gasteiger partial charge in [0.15, 0.2) is 0 Å². The lowest BCUT2D eigenvalue weighted by molar-refractivity contribution is -0.385. The molecule has 1 amide bonds. The Morgan fingerprint density at radius 1 is 1.45 bits per heavy atom. The zero-order chi connectivity index (χ0) is 16.1. The van der Waals surface area contributed by atoms with Crippen molar-refractivity contribution < 1.29 is 14.1 Å². The Labute approximate surface area is 128 Å². The average Bonchev–Trinajstić information content (AvgIpc) is 2.52. The maximum atomic E-state index is 13.1. The van der Waals surface area contributed by atoms with Crippen LogP contribution in [-0.2, 0) is 0 Å². The number of benzene rings is 1. The number of amides is 1. The first-order valence-corrected chi connectivity index (χ1v) is 7.46. The molecular weight excluding hydrogens is 289 g/mol. The molecule has 6 nitrogen and oxygen atoms in total. The number of carbonyl (C=O) groups is 1. The molecule has 0 bridgehead atoms. The summed E-state index contributed by atoms with van der Waals surface area (Å²) in [6.07, 6.45) is 1.74. The molecule has 0 aromatic heterocycles. The molecule has 1 heterocycles. The van der Waals surface area contributed by atoms with Crippen molar-refractivity contribution in [3.63, 3.8) is 0 Å². The van der Waals surface area contributed by atoms with E-state index in [2.05, 4.69) is 5.32 Å². The highest BCUT2D eigenvalue weighted by Gasteiger charge is 2.28. The van der Waals surface area contributed by atoms with Gasteiger partial charge in [-0.2, -0.15) is 0 Å². The van der Waals surface area contributed by atoms with Gasteiger partial charge in [-0.05, 0) is 44.0 Å². The van der Waals surface area contributed by atoms with Crippen molar-refractivity contribution in [2.75, 3.05) is 26.2 Å². The van der Waals surface area contributed by atoms with E-state index in [1.165, 1.54) is 6.07 Å². The highest BCUT2D eigenvalue weighted by molar-refractivity contribution is 5.98. The zero-order valence-electron chi connectivity index (χ0n) is 12.5. The van der Waals surface area contributed by atoms with Crippen LogP contribution in [0.15, 0.2) is 18.2 Å². The summed E-state index contributed by atoms with van der Waals surface area (Å²) in [4.78, 5) is 24.3. The minimum atomic E-state index is -0.715. The SMILES string of the molecule is CCNCC1CCN(C(=O)c2ccc(F)cc2[N+](=O)[O-])CC1. The van der Waals surface area contributed by atoms with Crippen molar-refractivity contribution in [1.82, 2.24) is 10.2 Å². The second-order valence-corrected chi connectivity index (χ2v) is 5.46. The lowest BCUT2D eigenvalue weighted by atomic mass is 9.96. The lowest BCUT2D eigenvalue weighted by Crippen LogP contribution is -2.41. The van der Waals surface area contributed by atoms with Gasteiger partial charge < -0.3 is 10.2 Å². The number of halogens is 1. The molecule has 1 aromatic carbocycles. The molecule has 1 N–H and O–H groups in total. The van der Waals surface area contributed by atoms with Crippen LogP contribution < -0.4 is 5.32 Å². The third-order valence-corrected chi connectivity index (χ3v) is 3.97. The Bertz CT molecular complexity index is 557. The van der Waals surface area contributed by atoms with Gasteiger partial charge in [-0.1, -0.05) is 6.92 Å². The van der Waals surface area contributed by atoms with E-state index in [9.17, 15) is 19.3 Å². The molecule has 1 aliphatic rings. The number of hydrogen-bond acceptors (Lipinski definition) is 4. The number of nitrogens with zero attached hydrogens (tertiary/aromatic N) is 2. The van der Waals surface area contributed by atoms with Gasteiger partial charge in [0.25, 0.3) is 11.6 Å². The Kier molecular flexibility index (Phi) is 5.43. The fourth-order valence-corrected chi connectivity index (χ4v) is 2.70. The molecule has 0 aliphatic carbocycles. The summed E-state index contributed by atoms with van der Waals surface area (Å²) in [6, 6.07) is 3.07. The number of piperidine rings is 1. The molecule has 0 radical (unpaired) electrons. The maximum Gasteiger partial charge on any atom is 0.285 e. The van der Waals surface area contributed by atoms with Gasteiger partial charge in [0, 0.05) is 13.1 Å². The van der Waals surface area contributed by atoms with E-state index >= 15 is 0 Å². The molecule has 0 unspecified atom stereocenters. The van der Waals surface area contributed by atoms with Crippen LogP contribution in [0.5, 0.6) is 0 Å². The van der Waals surface area contributed by atoms with E-state index < -0.39 is 22.3 Å². The molecule has 2 rings (SSSR count). The summed E-state index contributed by atoms with van der Waals surface area (Å²) in [5.41, 5.74) is -0.517. The molecule has 1 aromatic rings. The van der Waals surface area contributed by atoms with Crippen LogP contribution in [-0.4, -0.2) is 41.9 Å². The minimum absolute atomic E-state index is 0.0449. The molecular formula is C15H20FN3O3. The third-order valence-electron chi connectivity index (χ3n) is 3.97. The van der Waals surface area contributed by atoms with Crippen LogP contribution >= 0.6 is 0 Å².